The molecular weight excluding hydrogens is 496 g/mol. The van der Waals surface area contributed by atoms with Crippen LogP contribution in [0.3, 0.4) is 0 Å². The minimum Gasteiger partial charge on any atom is -0.312 e. The summed E-state index contributed by atoms with van der Waals surface area (Å²) in [4.78, 5) is 28.8. The first kappa shape index (κ1) is 24.6. The second-order valence-electron chi connectivity index (χ2n) is 9.48. The molecule has 2 amide bonds. The fourth-order valence-corrected chi connectivity index (χ4v) is 5.58. The summed E-state index contributed by atoms with van der Waals surface area (Å²) in [5, 5.41) is 20.4. The number of amides is 2. The SMILES string of the molecule is C/C=C(/C#N)c1c(C)n(-c2cccc3c2C(=O)N(c2ccc(-c4ccccc4)cc2)C3=O)c2cccc(C#N)c12. The van der Waals surface area contributed by atoms with E-state index >= 15 is 0 Å². The molecule has 4 aromatic carbocycles. The normalized spacial score (nSPS) is 12.9. The van der Waals surface area contributed by atoms with Crippen LogP contribution in [0.1, 0.15) is 44.5 Å². The van der Waals surface area contributed by atoms with E-state index in [0.29, 0.717) is 50.2 Å². The first-order valence-electron chi connectivity index (χ1n) is 12.8. The monoisotopic (exact) mass is 518 g/mol. The summed E-state index contributed by atoms with van der Waals surface area (Å²) < 4.78 is 1.87. The molecule has 0 N–H and O–H groups in total. The Morgan fingerprint density at radius 2 is 1.50 bits per heavy atom. The highest BCUT2D eigenvalue weighted by atomic mass is 16.2. The third-order valence-corrected chi connectivity index (χ3v) is 7.40. The molecule has 0 atom stereocenters. The van der Waals surface area contributed by atoms with Crippen molar-refractivity contribution < 1.29 is 9.59 Å². The van der Waals surface area contributed by atoms with Crippen LogP contribution in [-0.2, 0) is 0 Å². The smallest absolute Gasteiger partial charge is 0.268 e. The Kier molecular flexibility index (Phi) is 5.87. The number of hydrogen-bond donors (Lipinski definition) is 0. The van der Waals surface area contributed by atoms with Gasteiger partial charge in [0.1, 0.15) is 0 Å². The number of aromatic nitrogens is 1. The molecule has 190 valence electrons. The fourth-order valence-electron chi connectivity index (χ4n) is 5.58. The van der Waals surface area contributed by atoms with Gasteiger partial charge in [-0.25, -0.2) is 4.90 Å². The van der Waals surface area contributed by atoms with E-state index in [2.05, 4.69) is 12.1 Å². The molecule has 5 aromatic rings. The lowest BCUT2D eigenvalue weighted by Crippen LogP contribution is -2.29. The van der Waals surface area contributed by atoms with Crippen LogP contribution >= 0.6 is 0 Å². The van der Waals surface area contributed by atoms with Crippen molar-refractivity contribution in [3.8, 4) is 29.0 Å². The molecule has 0 saturated carbocycles. The van der Waals surface area contributed by atoms with E-state index in [0.717, 1.165) is 11.1 Å². The number of rotatable bonds is 4. The van der Waals surface area contributed by atoms with Crippen LogP contribution in [-0.4, -0.2) is 16.4 Å². The molecule has 0 unspecified atom stereocenters. The summed E-state index contributed by atoms with van der Waals surface area (Å²) in [5.41, 5.74) is 6.50. The Morgan fingerprint density at radius 1 is 0.800 bits per heavy atom. The van der Waals surface area contributed by atoms with Crippen molar-refractivity contribution in [3.05, 3.63) is 125 Å². The maximum absolute atomic E-state index is 14.0. The van der Waals surface area contributed by atoms with Crippen molar-refractivity contribution in [2.24, 2.45) is 0 Å². The van der Waals surface area contributed by atoms with Gasteiger partial charge in [0.05, 0.1) is 51.3 Å². The number of imide groups is 1. The van der Waals surface area contributed by atoms with Gasteiger partial charge < -0.3 is 4.57 Å². The first-order chi connectivity index (χ1) is 19.5. The Hall–Kier alpha value is -5.72. The highest BCUT2D eigenvalue weighted by molar-refractivity contribution is 6.35. The number of allylic oxidation sites excluding steroid dienone is 2. The van der Waals surface area contributed by atoms with Gasteiger partial charge in [-0.15, -0.1) is 0 Å². The number of benzene rings is 4. The van der Waals surface area contributed by atoms with Gasteiger partial charge in [-0.05, 0) is 61.4 Å². The van der Waals surface area contributed by atoms with Crippen LogP contribution in [0, 0.1) is 29.6 Å². The zero-order valence-corrected chi connectivity index (χ0v) is 21.8. The molecule has 1 aromatic heterocycles. The molecule has 6 heteroatoms. The third-order valence-electron chi connectivity index (χ3n) is 7.40. The molecule has 0 aliphatic carbocycles. The first-order valence-corrected chi connectivity index (χ1v) is 12.8. The molecule has 0 bridgehead atoms. The molecular formula is C34H22N4O2. The zero-order valence-electron chi connectivity index (χ0n) is 21.8. The van der Waals surface area contributed by atoms with Crippen LogP contribution in [0.25, 0.3) is 33.3 Å². The fraction of sp³-hybridized carbons (Fsp3) is 0.0588. The quantitative estimate of drug-likeness (QED) is 0.186. The van der Waals surface area contributed by atoms with E-state index in [9.17, 15) is 20.1 Å². The van der Waals surface area contributed by atoms with Crippen molar-refractivity contribution in [1.29, 1.82) is 10.5 Å². The van der Waals surface area contributed by atoms with Crippen LogP contribution in [0.5, 0.6) is 0 Å². The summed E-state index contributed by atoms with van der Waals surface area (Å²) in [5.74, 6) is -0.818. The lowest BCUT2D eigenvalue weighted by atomic mass is 10.00. The number of carbonyl (C=O) groups is 2. The molecule has 0 fully saturated rings. The van der Waals surface area contributed by atoms with Gasteiger partial charge in [-0.2, -0.15) is 10.5 Å². The molecule has 40 heavy (non-hydrogen) atoms. The Balaban J connectivity index is 1.52. The Bertz CT molecular complexity index is 1970. The van der Waals surface area contributed by atoms with Gasteiger partial charge >= 0.3 is 0 Å². The average Bonchev–Trinajstić information content (AvgIpc) is 3.44. The summed E-state index contributed by atoms with van der Waals surface area (Å²) in [7, 11) is 0. The van der Waals surface area contributed by atoms with E-state index in [1.807, 2.05) is 60.0 Å². The molecule has 6 rings (SSSR count). The molecule has 0 spiro atoms. The predicted molar refractivity (Wildman–Crippen MR) is 155 cm³/mol. The molecule has 2 heterocycles. The van der Waals surface area contributed by atoms with E-state index < -0.39 is 11.8 Å². The van der Waals surface area contributed by atoms with Gasteiger partial charge in [-0.1, -0.05) is 60.7 Å². The van der Waals surface area contributed by atoms with E-state index in [-0.39, 0.29) is 5.56 Å². The van der Waals surface area contributed by atoms with Crippen molar-refractivity contribution in [2.75, 3.05) is 4.90 Å². The minimum atomic E-state index is -0.422. The maximum atomic E-state index is 14.0. The number of nitrogens with zero attached hydrogens (tertiary/aromatic N) is 4. The summed E-state index contributed by atoms with van der Waals surface area (Å²) in [6, 6.07) is 32.3. The molecule has 0 radical (unpaired) electrons. The molecule has 1 aliphatic heterocycles. The van der Waals surface area contributed by atoms with Gasteiger partial charge in [0.15, 0.2) is 0 Å². The summed E-state index contributed by atoms with van der Waals surface area (Å²) in [6.07, 6.45) is 1.71. The van der Waals surface area contributed by atoms with Crippen molar-refractivity contribution >= 4 is 34.0 Å². The predicted octanol–water partition coefficient (Wildman–Crippen LogP) is 7.21. The topological polar surface area (TPSA) is 89.9 Å². The summed E-state index contributed by atoms with van der Waals surface area (Å²) in [6.45, 7) is 3.64. The Morgan fingerprint density at radius 3 is 2.17 bits per heavy atom. The highest BCUT2D eigenvalue weighted by Gasteiger charge is 2.39. The van der Waals surface area contributed by atoms with Gasteiger partial charge in [0.2, 0.25) is 0 Å². The van der Waals surface area contributed by atoms with E-state index in [4.69, 9.17) is 0 Å². The molecule has 1 aliphatic rings. The number of fused-ring (bicyclic) bond motifs is 2. The molecule has 6 nitrogen and oxygen atoms in total. The second kappa shape index (κ2) is 9.54. The number of hydrogen-bond acceptors (Lipinski definition) is 4. The largest absolute Gasteiger partial charge is 0.312 e. The Labute approximate surface area is 231 Å². The standard InChI is InChI=1S/C34H22N4O2/c1-3-22(19-35)30-21(2)37(28-13-7-11-25(20-36)31(28)30)29-14-8-12-27-32(29)34(40)38(33(27)39)26-17-15-24(16-18-26)23-9-5-4-6-10-23/h3-18H,1-2H3/b22-3-. The summed E-state index contributed by atoms with van der Waals surface area (Å²) >= 11 is 0. The van der Waals surface area contributed by atoms with Crippen molar-refractivity contribution in [1.82, 2.24) is 4.57 Å². The van der Waals surface area contributed by atoms with Gasteiger partial charge in [0, 0.05) is 16.6 Å². The third kappa shape index (κ3) is 3.55. The van der Waals surface area contributed by atoms with Crippen LogP contribution in [0.2, 0.25) is 0 Å². The van der Waals surface area contributed by atoms with Gasteiger partial charge in [-0.3, -0.25) is 9.59 Å². The lowest BCUT2D eigenvalue weighted by molar-refractivity contribution is 0.0926. The number of nitriles is 2. The van der Waals surface area contributed by atoms with E-state index in [1.165, 1.54) is 4.90 Å². The van der Waals surface area contributed by atoms with Crippen LogP contribution < -0.4 is 4.90 Å². The average molecular weight is 519 g/mol. The van der Waals surface area contributed by atoms with Crippen LogP contribution in [0.4, 0.5) is 5.69 Å². The maximum Gasteiger partial charge on any atom is 0.268 e. The highest BCUT2D eigenvalue weighted by Crippen LogP contribution is 2.39. The number of anilines is 1. The van der Waals surface area contributed by atoms with Crippen LogP contribution in [0.15, 0.2) is 97.1 Å². The lowest BCUT2D eigenvalue weighted by Gasteiger charge is -2.15. The number of carbonyl (C=O) groups excluding carboxylic acids is 2. The van der Waals surface area contributed by atoms with E-state index in [1.54, 1.807) is 55.5 Å². The van der Waals surface area contributed by atoms with Crippen molar-refractivity contribution in [3.63, 3.8) is 0 Å². The van der Waals surface area contributed by atoms with Gasteiger partial charge in [0.25, 0.3) is 11.8 Å². The minimum absolute atomic E-state index is 0.285. The zero-order chi connectivity index (χ0) is 28.0. The second-order valence-corrected chi connectivity index (χ2v) is 9.48. The van der Waals surface area contributed by atoms with Crippen molar-refractivity contribution in [2.45, 2.75) is 13.8 Å². The molecule has 0 saturated heterocycles.